The third-order valence-corrected chi connectivity index (χ3v) is 4.61. The van der Waals surface area contributed by atoms with Crippen LogP contribution < -0.4 is 5.32 Å². The van der Waals surface area contributed by atoms with E-state index in [0.29, 0.717) is 6.04 Å². The van der Waals surface area contributed by atoms with E-state index in [1.54, 1.807) is 0 Å². The molecule has 0 bridgehead atoms. The third-order valence-electron chi connectivity index (χ3n) is 4.61. The largest absolute Gasteiger partial charge is 0.317 e. The lowest BCUT2D eigenvalue weighted by Gasteiger charge is -2.19. The molecule has 1 aliphatic rings. The Kier molecular flexibility index (Phi) is 4.31. The van der Waals surface area contributed by atoms with Crippen LogP contribution in [0.4, 0.5) is 0 Å². The molecule has 0 radical (unpaired) electrons. The van der Waals surface area contributed by atoms with E-state index in [1.165, 1.54) is 43.2 Å². The SMILES string of the molecule is CNC(Cc1ccc2ccccc2n1)CC1CCCC1. The lowest BCUT2D eigenvalue weighted by molar-refractivity contribution is 0.401. The highest BCUT2D eigenvalue weighted by molar-refractivity contribution is 5.78. The van der Waals surface area contributed by atoms with E-state index in [-0.39, 0.29) is 0 Å². The van der Waals surface area contributed by atoms with Crippen molar-refractivity contribution < 1.29 is 0 Å². The van der Waals surface area contributed by atoms with Gasteiger partial charge in [0.2, 0.25) is 0 Å². The summed E-state index contributed by atoms with van der Waals surface area (Å²) >= 11 is 0. The molecular formula is C18H24N2. The van der Waals surface area contributed by atoms with Crippen molar-refractivity contribution in [3.63, 3.8) is 0 Å². The first-order chi connectivity index (χ1) is 9.85. The molecule has 1 aliphatic carbocycles. The summed E-state index contributed by atoms with van der Waals surface area (Å²) in [6.07, 6.45) is 8.03. The molecule has 0 saturated heterocycles. The Hall–Kier alpha value is -1.41. The maximum Gasteiger partial charge on any atom is 0.0705 e. The van der Waals surface area contributed by atoms with Crippen molar-refractivity contribution in [3.8, 4) is 0 Å². The number of benzene rings is 1. The molecule has 0 aliphatic heterocycles. The molecule has 2 heteroatoms. The van der Waals surface area contributed by atoms with Crippen LogP contribution in [0, 0.1) is 5.92 Å². The van der Waals surface area contributed by atoms with Gasteiger partial charge in [0.15, 0.2) is 0 Å². The van der Waals surface area contributed by atoms with Gasteiger partial charge in [-0.15, -0.1) is 0 Å². The van der Waals surface area contributed by atoms with Crippen molar-refractivity contribution in [2.75, 3.05) is 7.05 Å². The fourth-order valence-corrected chi connectivity index (χ4v) is 3.43. The molecule has 0 amide bonds. The molecule has 2 aromatic rings. The van der Waals surface area contributed by atoms with Gasteiger partial charge in [-0.2, -0.15) is 0 Å². The van der Waals surface area contributed by atoms with Crippen LogP contribution in [0.5, 0.6) is 0 Å². The van der Waals surface area contributed by atoms with E-state index in [4.69, 9.17) is 4.98 Å². The van der Waals surface area contributed by atoms with Crippen molar-refractivity contribution in [1.82, 2.24) is 10.3 Å². The van der Waals surface area contributed by atoms with E-state index < -0.39 is 0 Å². The van der Waals surface area contributed by atoms with Gasteiger partial charge in [0.1, 0.15) is 0 Å². The monoisotopic (exact) mass is 268 g/mol. The Morgan fingerprint density at radius 2 is 1.95 bits per heavy atom. The van der Waals surface area contributed by atoms with Gasteiger partial charge in [-0.25, -0.2) is 0 Å². The average Bonchev–Trinajstić information content (AvgIpc) is 2.99. The molecule has 1 aromatic heterocycles. The highest BCUT2D eigenvalue weighted by Crippen LogP contribution is 2.29. The predicted molar refractivity (Wildman–Crippen MR) is 84.9 cm³/mol. The Bertz CT molecular complexity index is 558. The van der Waals surface area contributed by atoms with Gasteiger partial charge in [0, 0.05) is 23.5 Å². The zero-order valence-electron chi connectivity index (χ0n) is 12.3. The third kappa shape index (κ3) is 3.18. The van der Waals surface area contributed by atoms with E-state index in [9.17, 15) is 0 Å². The first-order valence-electron chi connectivity index (χ1n) is 7.87. The van der Waals surface area contributed by atoms with Gasteiger partial charge in [0.25, 0.3) is 0 Å². The number of pyridine rings is 1. The van der Waals surface area contributed by atoms with Gasteiger partial charge in [0.05, 0.1) is 5.52 Å². The number of rotatable bonds is 5. The Morgan fingerprint density at radius 1 is 1.15 bits per heavy atom. The summed E-state index contributed by atoms with van der Waals surface area (Å²) < 4.78 is 0. The van der Waals surface area contributed by atoms with Crippen LogP contribution in [0.3, 0.4) is 0 Å². The van der Waals surface area contributed by atoms with Crippen molar-refractivity contribution in [2.45, 2.75) is 44.6 Å². The van der Waals surface area contributed by atoms with Crippen molar-refractivity contribution >= 4 is 10.9 Å². The Labute approximate surface area is 121 Å². The maximum atomic E-state index is 4.80. The van der Waals surface area contributed by atoms with Crippen LogP contribution in [0.2, 0.25) is 0 Å². The Morgan fingerprint density at radius 3 is 2.75 bits per heavy atom. The molecule has 1 heterocycles. The summed E-state index contributed by atoms with van der Waals surface area (Å²) in [7, 11) is 2.08. The second-order valence-corrected chi connectivity index (χ2v) is 6.07. The number of fused-ring (bicyclic) bond motifs is 1. The average molecular weight is 268 g/mol. The Balaban J connectivity index is 1.69. The molecule has 0 spiro atoms. The summed E-state index contributed by atoms with van der Waals surface area (Å²) in [5.41, 5.74) is 2.32. The van der Waals surface area contributed by atoms with E-state index in [1.807, 2.05) is 0 Å². The molecule has 106 valence electrons. The smallest absolute Gasteiger partial charge is 0.0705 e. The van der Waals surface area contributed by atoms with Crippen molar-refractivity contribution in [1.29, 1.82) is 0 Å². The zero-order valence-corrected chi connectivity index (χ0v) is 12.3. The second kappa shape index (κ2) is 6.36. The number of nitrogens with one attached hydrogen (secondary N) is 1. The van der Waals surface area contributed by atoms with Crippen LogP contribution in [0.15, 0.2) is 36.4 Å². The molecule has 1 fully saturated rings. The quantitative estimate of drug-likeness (QED) is 0.888. The molecule has 1 N–H and O–H groups in total. The second-order valence-electron chi connectivity index (χ2n) is 6.07. The molecule has 2 nitrogen and oxygen atoms in total. The number of aromatic nitrogens is 1. The van der Waals surface area contributed by atoms with Crippen LogP contribution in [0.25, 0.3) is 10.9 Å². The number of para-hydroxylation sites is 1. The predicted octanol–water partition coefficient (Wildman–Crippen LogP) is 3.95. The summed E-state index contributed by atoms with van der Waals surface area (Å²) in [5, 5.41) is 4.72. The minimum Gasteiger partial charge on any atom is -0.317 e. The number of hydrogen-bond acceptors (Lipinski definition) is 2. The molecule has 1 aromatic carbocycles. The lowest BCUT2D eigenvalue weighted by Crippen LogP contribution is -2.30. The minimum absolute atomic E-state index is 0.562. The molecule has 1 atom stereocenters. The molecular weight excluding hydrogens is 244 g/mol. The fourth-order valence-electron chi connectivity index (χ4n) is 3.43. The normalized spacial score (nSPS) is 17.6. The molecule has 3 rings (SSSR count). The first kappa shape index (κ1) is 13.6. The summed E-state index contributed by atoms with van der Waals surface area (Å²) in [4.78, 5) is 4.80. The van der Waals surface area contributed by atoms with Gasteiger partial charge in [-0.05, 0) is 31.5 Å². The lowest BCUT2D eigenvalue weighted by atomic mass is 9.95. The van der Waals surface area contributed by atoms with Crippen LogP contribution >= 0.6 is 0 Å². The minimum atomic E-state index is 0.562. The topological polar surface area (TPSA) is 24.9 Å². The van der Waals surface area contributed by atoms with Crippen molar-refractivity contribution in [2.24, 2.45) is 5.92 Å². The van der Waals surface area contributed by atoms with Crippen LogP contribution in [-0.4, -0.2) is 18.1 Å². The number of hydrogen-bond donors (Lipinski definition) is 1. The highest BCUT2D eigenvalue weighted by Gasteiger charge is 2.19. The van der Waals surface area contributed by atoms with Gasteiger partial charge in [-0.1, -0.05) is 49.9 Å². The molecule has 1 saturated carbocycles. The van der Waals surface area contributed by atoms with E-state index in [0.717, 1.165) is 17.9 Å². The van der Waals surface area contributed by atoms with Crippen molar-refractivity contribution in [3.05, 3.63) is 42.1 Å². The van der Waals surface area contributed by atoms with Crippen LogP contribution in [0.1, 0.15) is 37.8 Å². The zero-order chi connectivity index (χ0) is 13.8. The van der Waals surface area contributed by atoms with E-state index >= 15 is 0 Å². The molecule has 20 heavy (non-hydrogen) atoms. The van der Waals surface area contributed by atoms with Gasteiger partial charge >= 0.3 is 0 Å². The maximum absolute atomic E-state index is 4.80. The summed E-state index contributed by atoms with van der Waals surface area (Å²) in [5.74, 6) is 0.924. The summed E-state index contributed by atoms with van der Waals surface area (Å²) in [6, 6.07) is 13.3. The van der Waals surface area contributed by atoms with Crippen LogP contribution in [-0.2, 0) is 6.42 Å². The number of likely N-dealkylation sites (N-methyl/N-ethyl adjacent to an activating group) is 1. The standard InChI is InChI=1S/C18H24N2/c1-19-17(12-14-6-2-3-7-14)13-16-11-10-15-8-4-5-9-18(15)20-16/h4-5,8-11,14,17,19H,2-3,6-7,12-13H2,1H3. The molecule has 1 unspecified atom stereocenters. The van der Waals surface area contributed by atoms with E-state index in [2.05, 4.69) is 48.8 Å². The summed E-state index contributed by atoms with van der Waals surface area (Å²) in [6.45, 7) is 0. The fraction of sp³-hybridized carbons (Fsp3) is 0.500. The highest BCUT2D eigenvalue weighted by atomic mass is 14.9. The number of nitrogens with zero attached hydrogens (tertiary/aromatic N) is 1. The van der Waals surface area contributed by atoms with Gasteiger partial charge in [-0.3, -0.25) is 4.98 Å². The first-order valence-corrected chi connectivity index (χ1v) is 7.87. The van der Waals surface area contributed by atoms with Gasteiger partial charge < -0.3 is 5.32 Å².